The van der Waals surface area contributed by atoms with Crippen molar-refractivity contribution in [1.29, 1.82) is 0 Å². The third-order valence-electron chi connectivity index (χ3n) is 10.0. The van der Waals surface area contributed by atoms with Crippen LogP contribution in [0.1, 0.15) is 54.9 Å². The van der Waals surface area contributed by atoms with Gasteiger partial charge in [0.15, 0.2) is 0 Å². The number of carbonyl (C=O) groups excluding carboxylic acids is 2. The Bertz CT molecular complexity index is 1600. The summed E-state index contributed by atoms with van der Waals surface area (Å²) >= 11 is 0. The van der Waals surface area contributed by atoms with Gasteiger partial charge in [0.2, 0.25) is 11.6 Å². The molecule has 10 heteroatoms. The highest BCUT2D eigenvalue weighted by molar-refractivity contribution is 6.03. The second-order valence-electron chi connectivity index (χ2n) is 12.9. The largest absolute Gasteiger partial charge is 0.507 e. The fourth-order valence-electron chi connectivity index (χ4n) is 7.56. The molecule has 1 aromatic heterocycles. The highest BCUT2D eigenvalue weighted by atomic mass is 16.7. The number of amides is 1. The van der Waals surface area contributed by atoms with Gasteiger partial charge in [-0.1, -0.05) is 32.0 Å². The van der Waals surface area contributed by atoms with Crippen LogP contribution in [0, 0.1) is 23.7 Å². The molecule has 4 aliphatic heterocycles. The van der Waals surface area contributed by atoms with Crippen LogP contribution in [0.15, 0.2) is 30.3 Å². The molecule has 0 saturated carbocycles. The number of carbonyl (C=O) groups is 2. The van der Waals surface area contributed by atoms with Crippen LogP contribution >= 0.6 is 0 Å². The molecule has 2 aromatic carbocycles. The zero-order chi connectivity index (χ0) is 30.3. The quantitative estimate of drug-likeness (QED) is 0.376. The van der Waals surface area contributed by atoms with Crippen LogP contribution in [0.3, 0.4) is 0 Å². The number of benzene rings is 2. The number of aromatic amines is 1. The van der Waals surface area contributed by atoms with Gasteiger partial charge in [0.05, 0.1) is 20.3 Å². The molecule has 7 atom stereocenters. The number of aromatic nitrogens is 1. The molecular formula is C33H38N2O8. The van der Waals surface area contributed by atoms with Gasteiger partial charge in [-0.3, -0.25) is 4.79 Å². The molecule has 5 heterocycles. The van der Waals surface area contributed by atoms with Gasteiger partial charge in [-0.25, -0.2) is 4.79 Å². The molecule has 3 N–H and O–H groups in total. The number of H-pyrrole nitrogens is 1. The van der Waals surface area contributed by atoms with Gasteiger partial charge in [-0.15, -0.1) is 0 Å². The molecule has 4 aliphatic rings. The Morgan fingerprint density at radius 3 is 2.30 bits per heavy atom. The van der Waals surface area contributed by atoms with E-state index in [-0.39, 0.29) is 47.2 Å². The number of rotatable bonds is 5. The molecule has 0 bridgehead atoms. The highest BCUT2D eigenvalue weighted by Gasteiger charge is 2.56. The maximum atomic E-state index is 14.2. The van der Waals surface area contributed by atoms with Crippen molar-refractivity contribution in [2.75, 3.05) is 20.3 Å². The Labute approximate surface area is 250 Å². The van der Waals surface area contributed by atoms with Crippen molar-refractivity contribution in [2.24, 2.45) is 23.7 Å². The number of fused-ring (bicyclic) bond motifs is 6. The van der Waals surface area contributed by atoms with E-state index in [4.69, 9.17) is 23.7 Å². The predicted octanol–water partition coefficient (Wildman–Crippen LogP) is 4.25. The molecule has 10 nitrogen and oxygen atoms in total. The highest BCUT2D eigenvalue weighted by Crippen LogP contribution is 2.57. The van der Waals surface area contributed by atoms with Gasteiger partial charge < -0.3 is 39.1 Å². The standard InChI is InChI=1S/C33H38N2O8/c1-16-14-40-32(3)22(16)12-20-27(36)26(29-21(28(20)42-32)13-23-17(2)15-41-33(23,4)43-29)30(37)35-25(31(38)39-5)11-19-10-18-8-6-7-9-24(18)34-19/h6-10,16-17,22-23,25,34,36H,11-15H2,1-5H3,(H,35,37)/t16-,17-,22+,23+,25?,32+,33+/m0/s1. The lowest BCUT2D eigenvalue weighted by molar-refractivity contribution is -0.174. The summed E-state index contributed by atoms with van der Waals surface area (Å²) in [5, 5.41) is 15.6. The normalized spacial score (nSPS) is 31.2. The lowest BCUT2D eigenvalue weighted by Gasteiger charge is -2.43. The predicted molar refractivity (Wildman–Crippen MR) is 156 cm³/mol. The van der Waals surface area contributed by atoms with Gasteiger partial charge in [-0.05, 0) is 42.2 Å². The molecule has 7 rings (SSSR count). The Kier molecular flexibility index (Phi) is 6.45. The van der Waals surface area contributed by atoms with Crippen molar-refractivity contribution < 1.29 is 38.4 Å². The van der Waals surface area contributed by atoms with Gasteiger partial charge in [0.1, 0.15) is 28.9 Å². The van der Waals surface area contributed by atoms with Gasteiger partial charge in [0, 0.05) is 54.4 Å². The maximum absolute atomic E-state index is 14.2. The second-order valence-corrected chi connectivity index (χ2v) is 12.9. The average Bonchev–Trinajstić information content (AvgIpc) is 3.62. The van der Waals surface area contributed by atoms with Gasteiger partial charge >= 0.3 is 5.97 Å². The van der Waals surface area contributed by atoms with E-state index in [9.17, 15) is 14.7 Å². The van der Waals surface area contributed by atoms with Crippen LogP contribution in [-0.2, 0) is 38.3 Å². The van der Waals surface area contributed by atoms with Crippen LogP contribution in [0.5, 0.6) is 17.2 Å². The lowest BCUT2D eigenvalue weighted by Crippen LogP contribution is -2.48. The third kappa shape index (κ3) is 4.37. The minimum absolute atomic E-state index is 0.00629. The summed E-state index contributed by atoms with van der Waals surface area (Å²) in [6, 6.07) is 8.70. The van der Waals surface area contributed by atoms with Crippen molar-refractivity contribution >= 4 is 22.8 Å². The second kappa shape index (κ2) is 9.89. The molecule has 0 spiro atoms. The third-order valence-corrected chi connectivity index (χ3v) is 10.0. The van der Waals surface area contributed by atoms with Crippen molar-refractivity contribution in [1.82, 2.24) is 10.3 Å². The minimum Gasteiger partial charge on any atom is -0.507 e. The number of nitrogens with one attached hydrogen (secondary N) is 2. The topological polar surface area (TPSA) is 128 Å². The Morgan fingerprint density at radius 2 is 1.65 bits per heavy atom. The minimum atomic E-state index is -1.02. The first-order valence-electron chi connectivity index (χ1n) is 15.0. The SMILES string of the molecule is COC(=O)C(Cc1cc2ccccc2[nH]1)NC(=O)c1c(O)c2c(c3c1O[C@@]1(C)OC[C@H](C)[C@H]1C3)O[C@@]1(C)OC[C@H](C)[C@H]1C2. The van der Waals surface area contributed by atoms with E-state index in [1.165, 1.54) is 7.11 Å². The molecule has 0 aliphatic carbocycles. The number of methoxy groups -OCH3 is 1. The smallest absolute Gasteiger partial charge is 0.328 e. The first kappa shape index (κ1) is 28.0. The van der Waals surface area contributed by atoms with E-state index in [2.05, 4.69) is 24.1 Å². The average molecular weight is 591 g/mol. The number of esters is 1. The zero-order valence-electron chi connectivity index (χ0n) is 25.1. The Hall–Kier alpha value is -3.76. The van der Waals surface area contributed by atoms with E-state index in [0.29, 0.717) is 42.9 Å². The number of phenols is 1. The summed E-state index contributed by atoms with van der Waals surface area (Å²) in [5.41, 5.74) is 2.93. The Morgan fingerprint density at radius 1 is 1.02 bits per heavy atom. The summed E-state index contributed by atoms with van der Waals surface area (Å²) < 4.78 is 30.4. The molecule has 0 radical (unpaired) electrons. The number of phenolic OH excluding ortho intramolecular Hbond substituents is 1. The molecule has 1 amide bonds. The van der Waals surface area contributed by atoms with Crippen molar-refractivity contribution in [3.05, 3.63) is 52.7 Å². The zero-order valence-corrected chi connectivity index (χ0v) is 25.1. The first-order valence-corrected chi connectivity index (χ1v) is 15.0. The van der Waals surface area contributed by atoms with Crippen molar-refractivity contribution in [3.63, 3.8) is 0 Å². The summed E-state index contributed by atoms with van der Waals surface area (Å²) in [6.45, 7) is 9.09. The summed E-state index contributed by atoms with van der Waals surface area (Å²) in [7, 11) is 1.28. The summed E-state index contributed by atoms with van der Waals surface area (Å²) in [6.07, 6.45) is 1.19. The van der Waals surface area contributed by atoms with E-state index < -0.39 is 29.5 Å². The molecule has 2 fully saturated rings. The number of hydrogen-bond acceptors (Lipinski definition) is 8. The summed E-state index contributed by atoms with van der Waals surface area (Å²) in [5.74, 6) is -2.11. The summed E-state index contributed by atoms with van der Waals surface area (Å²) in [4.78, 5) is 30.4. The van der Waals surface area contributed by atoms with Crippen LogP contribution in [0.4, 0.5) is 0 Å². The van der Waals surface area contributed by atoms with Crippen LogP contribution < -0.4 is 14.8 Å². The molecule has 2 saturated heterocycles. The number of ether oxygens (including phenoxy) is 5. The lowest BCUT2D eigenvalue weighted by atomic mass is 9.77. The number of para-hydroxylation sites is 1. The monoisotopic (exact) mass is 590 g/mol. The molecular weight excluding hydrogens is 552 g/mol. The number of aromatic hydroxyl groups is 1. The van der Waals surface area contributed by atoms with E-state index in [1.807, 2.05) is 44.2 Å². The van der Waals surface area contributed by atoms with Crippen molar-refractivity contribution in [2.45, 2.75) is 64.6 Å². The van der Waals surface area contributed by atoms with Crippen molar-refractivity contribution in [3.8, 4) is 17.2 Å². The first-order chi connectivity index (χ1) is 20.5. The molecule has 3 aromatic rings. The van der Waals surface area contributed by atoms with Gasteiger partial charge in [0.25, 0.3) is 5.91 Å². The molecule has 228 valence electrons. The van der Waals surface area contributed by atoms with Gasteiger partial charge in [-0.2, -0.15) is 0 Å². The van der Waals surface area contributed by atoms with Crippen LogP contribution in [-0.4, -0.2) is 59.9 Å². The van der Waals surface area contributed by atoms with Crippen LogP contribution in [0.2, 0.25) is 0 Å². The molecule has 43 heavy (non-hydrogen) atoms. The number of hydrogen-bond donors (Lipinski definition) is 3. The van der Waals surface area contributed by atoms with E-state index in [1.54, 1.807) is 0 Å². The van der Waals surface area contributed by atoms with E-state index in [0.717, 1.165) is 16.6 Å². The Balaban J connectivity index is 1.30. The molecule has 1 unspecified atom stereocenters. The fourth-order valence-corrected chi connectivity index (χ4v) is 7.56. The maximum Gasteiger partial charge on any atom is 0.328 e. The van der Waals surface area contributed by atoms with Crippen LogP contribution in [0.25, 0.3) is 10.9 Å². The fraction of sp³-hybridized carbons (Fsp3) is 0.515. The van der Waals surface area contributed by atoms with E-state index >= 15 is 0 Å².